The third kappa shape index (κ3) is 4.47. The molecule has 1 unspecified atom stereocenters. The van der Waals surface area contributed by atoms with Crippen molar-refractivity contribution in [2.24, 2.45) is 0 Å². The molecule has 6 heteroatoms. The van der Waals surface area contributed by atoms with Crippen molar-refractivity contribution >= 4 is 6.03 Å². The summed E-state index contributed by atoms with van der Waals surface area (Å²) in [5.41, 5.74) is -1.21. The van der Waals surface area contributed by atoms with E-state index in [0.29, 0.717) is 5.76 Å². The number of furan rings is 1. The van der Waals surface area contributed by atoms with Crippen LogP contribution in [0, 0.1) is 6.92 Å². The molecule has 1 saturated heterocycles. The second-order valence-electron chi connectivity index (χ2n) is 6.09. The summed E-state index contributed by atoms with van der Waals surface area (Å²) in [6.45, 7) is 5.54. The van der Waals surface area contributed by atoms with E-state index in [2.05, 4.69) is 22.6 Å². The van der Waals surface area contributed by atoms with Crippen LogP contribution >= 0.6 is 0 Å². The van der Waals surface area contributed by atoms with Gasteiger partial charge in [0.15, 0.2) is 0 Å². The monoisotopic (exact) mass is 295 g/mol. The Kier molecular flexibility index (Phi) is 4.90. The maximum absolute atomic E-state index is 11.9. The summed E-state index contributed by atoms with van der Waals surface area (Å²) in [4.78, 5) is 14.1. The Morgan fingerprint density at radius 2 is 2.14 bits per heavy atom. The van der Waals surface area contributed by atoms with E-state index in [9.17, 15) is 9.90 Å². The fourth-order valence-electron chi connectivity index (χ4n) is 2.45. The molecule has 2 amide bonds. The molecule has 0 spiro atoms. The van der Waals surface area contributed by atoms with E-state index >= 15 is 0 Å². The van der Waals surface area contributed by atoms with Crippen LogP contribution in [0.3, 0.4) is 0 Å². The standard InChI is InChI=1S/C15H25N3O3/c1-11-4-5-13(21-11)15(2,20)10-16-14(19)17-12-6-8-18(3)9-7-12/h4-5,12,20H,6-10H2,1-3H3,(H2,16,17,19). The van der Waals surface area contributed by atoms with Gasteiger partial charge in [0.05, 0.1) is 6.54 Å². The van der Waals surface area contributed by atoms with Crippen molar-refractivity contribution in [3.63, 3.8) is 0 Å². The first-order valence-electron chi connectivity index (χ1n) is 7.39. The normalized spacial score (nSPS) is 20.0. The van der Waals surface area contributed by atoms with Crippen LogP contribution in [-0.4, -0.2) is 48.8 Å². The molecule has 6 nitrogen and oxygen atoms in total. The molecular weight excluding hydrogens is 270 g/mol. The predicted octanol–water partition coefficient (Wildman–Crippen LogP) is 1.19. The number of likely N-dealkylation sites (tertiary alicyclic amines) is 1. The summed E-state index contributed by atoms with van der Waals surface area (Å²) in [5.74, 6) is 1.20. The molecule has 2 rings (SSSR count). The fourth-order valence-corrected chi connectivity index (χ4v) is 2.45. The summed E-state index contributed by atoms with van der Waals surface area (Å²) >= 11 is 0. The largest absolute Gasteiger partial charge is 0.463 e. The van der Waals surface area contributed by atoms with Crippen LogP contribution in [0.2, 0.25) is 0 Å². The van der Waals surface area contributed by atoms with Crippen molar-refractivity contribution < 1.29 is 14.3 Å². The van der Waals surface area contributed by atoms with Gasteiger partial charge in [-0.25, -0.2) is 4.79 Å². The molecule has 2 heterocycles. The SMILES string of the molecule is Cc1ccc(C(C)(O)CNC(=O)NC2CCN(C)CC2)o1. The summed E-state index contributed by atoms with van der Waals surface area (Å²) in [6.07, 6.45) is 1.91. The third-order valence-corrected chi connectivity index (χ3v) is 3.92. The number of nitrogens with one attached hydrogen (secondary N) is 2. The van der Waals surface area contributed by atoms with Gasteiger partial charge in [-0.05, 0) is 59.0 Å². The number of rotatable bonds is 4. The first-order chi connectivity index (χ1) is 9.87. The first kappa shape index (κ1) is 15.9. The van der Waals surface area contributed by atoms with Gasteiger partial charge in [-0.1, -0.05) is 0 Å². The smallest absolute Gasteiger partial charge is 0.315 e. The Bertz CT molecular complexity index is 476. The van der Waals surface area contributed by atoms with E-state index in [1.807, 2.05) is 6.92 Å². The van der Waals surface area contributed by atoms with Crippen LogP contribution < -0.4 is 10.6 Å². The Morgan fingerprint density at radius 1 is 1.48 bits per heavy atom. The van der Waals surface area contributed by atoms with Crippen molar-refractivity contribution in [2.45, 2.75) is 38.3 Å². The van der Waals surface area contributed by atoms with Gasteiger partial charge in [-0.15, -0.1) is 0 Å². The summed E-state index contributed by atoms with van der Waals surface area (Å²) in [7, 11) is 2.08. The van der Waals surface area contributed by atoms with E-state index in [0.717, 1.165) is 31.7 Å². The molecule has 1 aromatic rings. The molecule has 0 bridgehead atoms. The Hall–Kier alpha value is -1.53. The number of carbonyl (C=O) groups excluding carboxylic acids is 1. The maximum Gasteiger partial charge on any atom is 0.315 e. The van der Waals surface area contributed by atoms with Crippen molar-refractivity contribution in [1.29, 1.82) is 0 Å². The van der Waals surface area contributed by atoms with Crippen molar-refractivity contribution in [1.82, 2.24) is 15.5 Å². The van der Waals surface area contributed by atoms with Crippen LogP contribution in [0.1, 0.15) is 31.3 Å². The zero-order chi connectivity index (χ0) is 15.5. The third-order valence-electron chi connectivity index (χ3n) is 3.92. The van der Waals surface area contributed by atoms with Gasteiger partial charge in [0.25, 0.3) is 0 Å². The molecule has 1 aromatic heterocycles. The zero-order valence-electron chi connectivity index (χ0n) is 13.0. The number of piperidine rings is 1. The Morgan fingerprint density at radius 3 is 2.71 bits per heavy atom. The topological polar surface area (TPSA) is 77.7 Å². The number of nitrogens with zero attached hydrogens (tertiary/aromatic N) is 1. The van der Waals surface area contributed by atoms with Crippen LogP contribution in [0.4, 0.5) is 4.79 Å². The predicted molar refractivity (Wildman–Crippen MR) is 80.1 cm³/mol. The lowest BCUT2D eigenvalue weighted by Gasteiger charge is -2.30. The summed E-state index contributed by atoms with van der Waals surface area (Å²) < 4.78 is 5.42. The number of aryl methyl sites for hydroxylation is 1. The quantitative estimate of drug-likeness (QED) is 0.780. The molecule has 21 heavy (non-hydrogen) atoms. The second kappa shape index (κ2) is 6.49. The average molecular weight is 295 g/mol. The lowest BCUT2D eigenvalue weighted by molar-refractivity contribution is 0.0358. The van der Waals surface area contributed by atoms with Gasteiger partial charge >= 0.3 is 6.03 Å². The van der Waals surface area contributed by atoms with Crippen LogP contribution in [0.15, 0.2) is 16.5 Å². The number of hydrogen-bond donors (Lipinski definition) is 3. The minimum absolute atomic E-state index is 0.110. The van der Waals surface area contributed by atoms with Crippen molar-refractivity contribution in [2.75, 3.05) is 26.7 Å². The van der Waals surface area contributed by atoms with E-state index in [1.165, 1.54) is 0 Å². The number of carbonyl (C=O) groups is 1. The molecule has 0 saturated carbocycles. The Balaban J connectivity index is 1.78. The molecule has 1 aliphatic heterocycles. The van der Waals surface area contributed by atoms with Gasteiger partial charge in [0.2, 0.25) is 0 Å². The molecule has 3 N–H and O–H groups in total. The van der Waals surface area contributed by atoms with Crippen molar-refractivity contribution in [3.8, 4) is 0 Å². The highest BCUT2D eigenvalue weighted by atomic mass is 16.4. The zero-order valence-corrected chi connectivity index (χ0v) is 13.0. The highest BCUT2D eigenvalue weighted by molar-refractivity contribution is 5.74. The summed E-state index contributed by atoms with van der Waals surface area (Å²) in [6, 6.07) is 3.49. The second-order valence-corrected chi connectivity index (χ2v) is 6.09. The van der Waals surface area contributed by atoms with E-state index in [1.54, 1.807) is 19.1 Å². The molecule has 118 valence electrons. The minimum atomic E-state index is -1.21. The number of aliphatic hydroxyl groups is 1. The van der Waals surface area contributed by atoms with Gasteiger partial charge in [-0.3, -0.25) is 0 Å². The Labute approximate surface area is 125 Å². The van der Waals surface area contributed by atoms with E-state index in [-0.39, 0.29) is 18.6 Å². The van der Waals surface area contributed by atoms with Gasteiger partial charge in [0, 0.05) is 6.04 Å². The fraction of sp³-hybridized carbons (Fsp3) is 0.667. The summed E-state index contributed by atoms with van der Waals surface area (Å²) in [5, 5.41) is 16.0. The van der Waals surface area contributed by atoms with Crippen molar-refractivity contribution in [3.05, 3.63) is 23.7 Å². The first-order valence-corrected chi connectivity index (χ1v) is 7.39. The average Bonchev–Trinajstić information content (AvgIpc) is 2.87. The molecule has 0 aromatic carbocycles. The number of amides is 2. The van der Waals surface area contributed by atoms with E-state index < -0.39 is 5.60 Å². The highest BCUT2D eigenvalue weighted by Crippen LogP contribution is 2.21. The molecule has 1 atom stereocenters. The molecule has 1 aliphatic rings. The minimum Gasteiger partial charge on any atom is -0.463 e. The van der Waals surface area contributed by atoms with Crippen LogP contribution in [0.5, 0.6) is 0 Å². The molecule has 0 radical (unpaired) electrons. The molecular formula is C15H25N3O3. The van der Waals surface area contributed by atoms with Gasteiger partial charge in [-0.2, -0.15) is 0 Å². The lowest BCUT2D eigenvalue weighted by Crippen LogP contribution is -2.49. The van der Waals surface area contributed by atoms with Gasteiger partial charge in [0.1, 0.15) is 17.1 Å². The number of hydrogen-bond acceptors (Lipinski definition) is 4. The van der Waals surface area contributed by atoms with Crippen LogP contribution in [0.25, 0.3) is 0 Å². The van der Waals surface area contributed by atoms with Crippen LogP contribution in [-0.2, 0) is 5.60 Å². The van der Waals surface area contributed by atoms with Gasteiger partial charge < -0.3 is 25.1 Å². The molecule has 0 aliphatic carbocycles. The lowest BCUT2D eigenvalue weighted by atomic mass is 10.0. The maximum atomic E-state index is 11.9. The number of urea groups is 1. The highest BCUT2D eigenvalue weighted by Gasteiger charge is 2.28. The molecule has 1 fully saturated rings. The van der Waals surface area contributed by atoms with E-state index in [4.69, 9.17) is 4.42 Å².